The van der Waals surface area contributed by atoms with Crippen molar-refractivity contribution < 1.29 is 9.47 Å². The second-order valence-corrected chi connectivity index (χ2v) is 2.73. The molecule has 1 spiro atoms. The monoisotopic (exact) mass is 126 g/mol. The maximum Gasteiger partial charge on any atom is 0.251 e. The van der Waals surface area contributed by atoms with Gasteiger partial charge in [-0.15, -0.1) is 0 Å². The van der Waals surface area contributed by atoms with E-state index in [0.29, 0.717) is 0 Å². The minimum Gasteiger partial charge on any atom is -0.454 e. The lowest BCUT2D eigenvalue weighted by atomic mass is 10.5. The summed E-state index contributed by atoms with van der Waals surface area (Å²) in [5.74, 6) is 1.72. The van der Waals surface area contributed by atoms with E-state index in [9.17, 15) is 0 Å². The van der Waals surface area contributed by atoms with Crippen molar-refractivity contribution in [1.82, 2.24) is 0 Å². The van der Waals surface area contributed by atoms with Crippen LogP contribution in [0, 0.1) is 0 Å². The number of hydrogen-bond donors (Lipinski definition) is 0. The van der Waals surface area contributed by atoms with Crippen molar-refractivity contribution in [3.05, 3.63) is 11.5 Å². The lowest BCUT2D eigenvalue weighted by Crippen LogP contribution is -2.07. The van der Waals surface area contributed by atoms with Crippen molar-refractivity contribution in [3.63, 3.8) is 0 Å². The van der Waals surface area contributed by atoms with Crippen LogP contribution in [0.2, 0.25) is 0 Å². The minimum absolute atomic E-state index is 0.186. The zero-order valence-electron chi connectivity index (χ0n) is 5.73. The van der Waals surface area contributed by atoms with E-state index < -0.39 is 0 Å². The fourth-order valence-electron chi connectivity index (χ4n) is 1.03. The van der Waals surface area contributed by atoms with Gasteiger partial charge in [-0.2, -0.15) is 0 Å². The first-order valence-electron chi connectivity index (χ1n) is 3.27. The molecule has 0 bridgehead atoms. The smallest absolute Gasteiger partial charge is 0.251 e. The fraction of sp³-hybridized carbons (Fsp3) is 0.714. The molecular weight excluding hydrogens is 116 g/mol. The SMILES string of the molecule is CC1=C(C)OC2(CC2)O1. The molecule has 50 valence electrons. The summed E-state index contributed by atoms with van der Waals surface area (Å²) in [4.78, 5) is 0. The van der Waals surface area contributed by atoms with E-state index >= 15 is 0 Å². The van der Waals surface area contributed by atoms with E-state index in [0.717, 1.165) is 24.4 Å². The van der Waals surface area contributed by atoms with E-state index in [1.54, 1.807) is 0 Å². The van der Waals surface area contributed by atoms with Gasteiger partial charge in [-0.1, -0.05) is 0 Å². The lowest BCUT2D eigenvalue weighted by Gasteiger charge is -2.06. The van der Waals surface area contributed by atoms with Crippen LogP contribution in [0.5, 0.6) is 0 Å². The molecule has 0 unspecified atom stereocenters. The molecule has 2 aliphatic rings. The molecule has 0 aromatic heterocycles. The predicted molar refractivity (Wildman–Crippen MR) is 32.5 cm³/mol. The van der Waals surface area contributed by atoms with Crippen LogP contribution in [0.4, 0.5) is 0 Å². The van der Waals surface area contributed by atoms with Crippen LogP contribution < -0.4 is 0 Å². The highest BCUT2D eigenvalue weighted by atomic mass is 16.7. The number of ether oxygens (including phenoxy) is 2. The lowest BCUT2D eigenvalue weighted by molar-refractivity contribution is -0.0646. The van der Waals surface area contributed by atoms with Gasteiger partial charge in [0, 0.05) is 12.8 Å². The van der Waals surface area contributed by atoms with Gasteiger partial charge < -0.3 is 9.47 Å². The molecule has 1 aliphatic heterocycles. The summed E-state index contributed by atoms with van der Waals surface area (Å²) < 4.78 is 10.9. The molecule has 0 aromatic carbocycles. The largest absolute Gasteiger partial charge is 0.454 e. The zero-order valence-corrected chi connectivity index (χ0v) is 5.73. The molecule has 0 atom stereocenters. The molecule has 9 heavy (non-hydrogen) atoms. The summed E-state index contributed by atoms with van der Waals surface area (Å²) in [5, 5.41) is 0. The second-order valence-electron chi connectivity index (χ2n) is 2.73. The molecule has 0 aromatic rings. The molecule has 1 aliphatic carbocycles. The van der Waals surface area contributed by atoms with Crippen LogP contribution in [-0.4, -0.2) is 5.79 Å². The fourth-order valence-corrected chi connectivity index (χ4v) is 1.03. The highest BCUT2D eigenvalue weighted by molar-refractivity contribution is 5.08. The van der Waals surface area contributed by atoms with Crippen molar-refractivity contribution in [2.45, 2.75) is 32.5 Å². The van der Waals surface area contributed by atoms with Gasteiger partial charge in [0.2, 0.25) is 0 Å². The number of rotatable bonds is 0. The Morgan fingerprint density at radius 3 is 1.78 bits per heavy atom. The molecule has 2 nitrogen and oxygen atoms in total. The maximum absolute atomic E-state index is 5.43. The van der Waals surface area contributed by atoms with E-state index in [1.807, 2.05) is 13.8 Å². The summed E-state index contributed by atoms with van der Waals surface area (Å²) in [6, 6.07) is 0. The van der Waals surface area contributed by atoms with Gasteiger partial charge in [-0.25, -0.2) is 0 Å². The Labute approximate surface area is 54.5 Å². The Bertz CT molecular complexity index is 161. The zero-order chi connectivity index (χ0) is 6.48. The molecule has 0 saturated heterocycles. The first-order valence-corrected chi connectivity index (χ1v) is 3.27. The first kappa shape index (κ1) is 5.15. The maximum atomic E-state index is 5.43. The molecule has 1 fully saturated rings. The third-order valence-electron chi connectivity index (χ3n) is 1.83. The number of hydrogen-bond acceptors (Lipinski definition) is 2. The van der Waals surface area contributed by atoms with Crippen molar-refractivity contribution in [1.29, 1.82) is 0 Å². The third-order valence-corrected chi connectivity index (χ3v) is 1.83. The van der Waals surface area contributed by atoms with E-state index in [-0.39, 0.29) is 5.79 Å². The van der Waals surface area contributed by atoms with E-state index in [2.05, 4.69) is 0 Å². The van der Waals surface area contributed by atoms with Gasteiger partial charge in [0.25, 0.3) is 5.79 Å². The quantitative estimate of drug-likeness (QED) is 0.492. The Morgan fingerprint density at radius 2 is 1.56 bits per heavy atom. The van der Waals surface area contributed by atoms with Crippen molar-refractivity contribution in [3.8, 4) is 0 Å². The van der Waals surface area contributed by atoms with Crippen molar-refractivity contribution in [2.75, 3.05) is 0 Å². The molecule has 0 amide bonds. The summed E-state index contributed by atoms with van der Waals surface area (Å²) >= 11 is 0. The van der Waals surface area contributed by atoms with Crippen molar-refractivity contribution >= 4 is 0 Å². The van der Waals surface area contributed by atoms with Gasteiger partial charge in [0.1, 0.15) is 11.5 Å². The van der Waals surface area contributed by atoms with Crippen LogP contribution in [0.15, 0.2) is 11.5 Å². The topological polar surface area (TPSA) is 18.5 Å². The Balaban J connectivity index is 2.17. The van der Waals surface area contributed by atoms with Gasteiger partial charge in [0.15, 0.2) is 0 Å². The highest BCUT2D eigenvalue weighted by Crippen LogP contribution is 2.48. The van der Waals surface area contributed by atoms with Crippen LogP contribution >= 0.6 is 0 Å². The molecule has 1 heterocycles. The Kier molecular flexibility index (Phi) is 0.718. The third kappa shape index (κ3) is 0.622. The molecule has 2 rings (SSSR count). The van der Waals surface area contributed by atoms with Gasteiger partial charge >= 0.3 is 0 Å². The summed E-state index contributed by atoms with van der Waals surface area (Å²) in [6.45, 7) is 3.89. The minimum atomic E-state index is -0.186. The molecule has 0 radical (unpaired) electrons. The number of allylic oxidation sites excluding steroid dienone is 2. The highest BCUT2D eigenvalue weighted by Gasteiger charge is 2.52. The Morgan fingerprint density at radius 1 is 1.11 bits per heavy atom. The molecule has 0 N–H and O–H groups in total. The average molecular weight is 126 g/mol. The summed E-state index contributed by atoms with van der Waals surface area (Å²) in [5.41, 5.74) is 0. The summed E-state index contributed by atoms with van der Waals surface area (Å²) in [7, 11) is 0. The van der Waals surface area contributed by atoms with Gasteiger partial charge in [-0.3, -0.25) is 0 Å². The summed E-state index contributed by atoms with van der Waals surface area (Å²) in [6.07, 6.45) is 2.11. The van der Waals surface area contributed by atoms with Crippen LogP contribution in [0.3, 0.4) is 0 Å². The first-order chi connectivity index (χ1) is 4.22. The molecule has 1 saturated carbocycles. The molecule has 2 heteroatoms. The van der Waals surface area contributed by atoms with E-state index in [1.165, 1.54) is 0 Å². The Hall–Kier alpha value is -0.660. The van der Waals surface area contributed by atoms with Crippen LogP contribution in [-0.2, 0) is 9.47 Å². The average Bonchev–Trinajstić information content (AvgIpc) is 2.42. The predicted octanol–water partition coefficient (Wildman–Crippen LogP) is 1.77. The van der Waals surface area contributed by atoms with Gasteiger partial charge in [0.05, 0.1) is 0 Å². The normalized spacial score (nSPS) is 28.2. The van der Waals surface area contributed by atoms with Crippen LogP contribution in [0.25, 0.3) is 0 Å². The molecular formula is C7H10O2. The second kappa shape index (κ2) is 1.25. The van der Waals surface area contributed by atoms with Gasteiger partial charge in [-0.05, 0) is 13.8 Å². The van der Waals surface area contributed by atoms with Crippen molar-refractivity contribution in [2.24, 2.45) is 0 Å². The van der Waals surface area contributed by atoms with Crippen LogP contribution in [0.1, 0.15) is 26.7 Å². The standard InChI is InChI=1S/C7H10O2/c1-5-6(2)9-7(8-5)3-4-7/h3-4H2,1-2H3. The van der Waals surface area contributed by atoms with E-state index in [4.69, 9.17) is 9.47 Å².